The fraction of sp³-hybridized carbons (Fsp3) is 0.136. The van der Waals surface area contributed by atoms with E-state index in [0.29, 0.717) is 36.7 Å². The van der Waals surface area contributed by atoms with Crippen LogP contribution in [0.5, 0.6) is 5.75 Å². The highest BCUT2D eigenvalue weighted by atomic mass is 32.1. The molecular weight excluding hydrogens is 401 g/mol. The molecule has 8 heteroatoms. The summed E-state index contributed by atoms with van der Waals surface area (Å²) in [6, 6.07) is 11.5. The van der Waals surface area contributed by atoms with Crippen molar-refractivity contribution in [2.24, 2.45) is 0 Å². The molecule has 6 nitrogen and oxygen atoms in total. The molecular formula is C22H16FN5OS. The zero-order chi connectivity index (χ0) is 20.1. The van der Waals surface area contributed by atoms with Gasteiger partial charge in [-0.05, 0) is 35.2 Å². The van der Waals surface area contributed by atoms with E-state index in [2.05, 4.69) is 44.1 Å². The van der Waals surface area contributed by atoms with E-state index in [4.69, 9.17) is 4.74 Å². The Morgan fingerprint density at radius 3 is 3.10 bits per heavy atom. The highest BCUT2D eigenvalue weighted by molar-refractivity contribution is 7.17. The first-order valence-corrected chi connectivity index (χ1v) is 10.5. The van der Waals surface area contributed by atoms with Crippen LogP contribution in [0, 0.1) is 5.82 Å². The lowest BCUT2D eigenvalue weighted by molar-refractivity contribution is 0.356. The summed E-state index contributed by atoms with van der Waals surface area (Å²) < 4.78 is 23.0. The number of anilines is 1. The third-order valence-corrected chi connectivity index (χ3v) is 6.36. The molecule has 0 amide bonds. The molecule has 0 bridgehead atoms. The standard InChI is InChI=1S/C22H16FN5OS/c23-18-4-5-19-14(6-8-29-19)16(18)10-24-22-25-11-17(21-27-26-12-28(21)22)13-2-1-3-20-15(13)7-9-30-20/h1-5,7,9,11-12H,6,8,10H2,(H,24,25). The summed E-state index contributed by atoms with van der Waals surface area (Å²) in [6.45, 7) is 0.890. The number of nitrogens with one attached hydrogen (secondary N) is 1. The Hall–Kier alpha value is -3.52. The third-order valence-electron chi connectivity index (χ3n) is 5.48. The number of ether oxygens (including phenoxy) is 1. The second-order valence-corrected chi connectivity index (χ2v) is 8.06. The smallest absolute Gasteiger partial charge is 0.210 e. The highest BCUT2D eigenvalue weighted by Gasteiger charge is 2.20. The molecule has 6 rings (SSSR count). The zero-order valence-corrected chi connectivity index (χ0v) is 16.6. The van der Waals surface area contributed by atoms with Gasteiger partial charge in [-0.2, -0.15) is 0 Å². The zero-order valence-electron chi connectivity index (χ0n) is 15.8. The van der Waals surface area contributed by atoms with Crippen LogP contribution in [0.4, 0.5) is 10.3 Å². The molecule has 0 saturated heterocycles. The Morgan fingerprint density at radius 2 is 2.13 bits per heavy atom. The van der Waals surface area contributed by atoms with Gasteiger partial charge in [0.25, 0.3) is 0 Å². The molecule has 30 heavy (non-hydrogen) atoms. The van der Waals surface area contributed by atoms with Gasteiger partial charge in [-0.3, -0.25) is 4.40 Å². The first-order chi connectivity index (χ1) is 14.8. The van der Waals surface area contributed by atoms with Crippen molar-refractivity contribution in [1.82, 2.24) is 19.6 Å². The van der Waals surface area contributed by atoms with E-state index >= 15 is 0 Å². The van der Waals surface area contributed by atoms with Gasteiger partial charge < -0.3 is 10.1 Å². The molecule has 5 aromatic rings. The van der Waals surface area contributed by atoms with Gasteiger partial charge in [-0.1, -0.05) is 12.1 Å². The summed E-state index contributed by atoms with van der Waals surface area (Å²) in [5.74, 6) is 1.08. The second kappa shape index (κ2) is 6.77. The first kappa shape index (κ1) is 17.3. The number of hydrogen-bond donors (Lipinski definition) is 1. The minimum absolute atomic E-state index is 0.243. The van der Waals surface area contributed by atoms with Gasteiger partial charge in [0.15, 0.2) is 5.65 Å². The maximum Gasteiger partial charge on any atom is 0.210 e. The monoisotopic (exact) mass is 417 g/mol. The lowest BCUT2D eigenvalue weighted by atomic mass is 10.0. The average Bonchev–Trinajstić information content (AvgIpc) is 3.52. The van der Waals surface area contributed by atoms with Crippen molar-refractivity contribution >= 4 is 33.0 Å². The topological polar surface area (TPSA) is 64.3 Å². The molecule has 4 heterocycles. The molecule has 2 aromatic carbocycles. The molecule has 3 aromatic heterocycles. The van der Waals surface area contributed by atoms with Crippen LogP contribution in [-0.2, 0) is 13.0 Å². The average molecular weight is 417 g/mol. The van der Waals surface area contributed by atoms with Crippen LogP contribution < -0.4 is 10.1 Å². The summed E-state index contributed by atoms with van der Waals surface area (Å²) >= 11 is 1.70. The van der Waals surface area contributed by atoms with E-state index in [0.717, 1.165) is 27.8 Å². The van der Waals surface area contributed by atoms with Crippen LogP contribution in [0.25, 0.3) is 26.9 Å². The van der Waals surface area contributed by atoms with E-state index in [1.54, 1.807) is 34.3 Å². The van der Waals surface area contributed by atoms with Gasteiger partial charge in [0.2, 0.25) is 5.95 Å². The van der Waals surface area contributed by atoms with Crippen molar-refractivity contribution in [3.63, 3.8) is 0 Å². The minimum atomic E-state index is -0.243. The normalized spacial score (nSPS) is 13.0. The fourth-order valence-corrected chi connectivity index (χ4v) is 4.86. The summed E-state index contributed by atoms with van der Waals surface area (Å²) in [6.07, 6.45) is 4.13. The van der Waals surface area contributed by atoms with Crippen LogP contribution in [0.2, 0.25) is 0 Å². The van der Waals surface area contributed by atoms with E-state index < -0.39 is 0 Å². The number of nitrogens with zero attached hydrogens (tertiary/aromatic N) is 4. The number of aromatic nitrogens is 4. The largest absolute Gasteiger partial charge is 0.493 e. The molecule has 0 fully saturated rings. The van der Waals surface area contributed by atoms with Crippen LogP contribution in [0.3, 0.4) is 0 Å². The van der Waals surface area contributed by atoms with E-state index in [-0.39, 0.29) is 5.82 Å². The number of thiophene rings is 1. The molecule has 0 spiro atoms. The van der Waals surface area contributed by atoms with Gasteiger partial charge in [0.1, 0.15) is 17.9 Å². The van der Waals surface area contributed by atoms with Crippen LogP contribution >= 0.6 is 11.3 Å². The number of benzene rings is 2. The van der Waals surface area contributed by atoms with Gasteiger partial charge in [0, 0.05) is 45.9 Å². The van der Waals surface area contributed by atoms with Crippen LogP contribution in [0.1, 0.15) is 11.1 Å². The summed E-state index contributed by atoms with van der Waals surface area (Å²) in [7, 11) is 0. The fourth-order valence-electron chi connectivity index (χ4n) is 4.04. The van der Waals surface area contributed by atoms with Gasteiger partial charge in [0.05, 0.1) is 6.61 Å². The Balaban J connectivity index is 1.39. The number of rotatable bonds is 4. The Labute approximate surface area is 175 Å². The van der Waals surface area contributed by atoms with Crippen molar-refractivity contribution < 1.29 is 9.13 Å². The maximum absolute atomic E-state index is 14.5. The van der Waals surface area contributed by atoms with Gasteiger partial charge in [-0.25, -0.2) is 9.37 Å². The SMILES string of the molecule is Fc1ccc2c(c1CNc1ncc(-c3cccc4sccc34)c3nncn13)CCO2. The van der Waals surface area contributed by atoms with E-state index in [9.17, 15) is 4.39 Å². The number of hydrogen-bond acceptors (Lipinski definition) is 6. The quantitative estimate of drug-likeness (QED) is 0.460. The lowest BCUT2D eigenvalue weighted by Gasteiger charge is -2.13. The van der Waals surface area contributed by atoms with Crippen molar-refractivity contribution in [2.75, 3.05) is 11.9 Å². The van der Waals surface area contributed by atoms with Crippen molar-refractivity contribution in [2.45, 2.75) is 13.0 Å². The first-order valence-electron chi connectivity index (χ1n) is 9.62. The molecule has 1 N–H and O–H groups in total. The molecule has 1 aliphatic rings. The van der Waals surface area contributed by atoms with E-state index in [1.165, 1.54) is 10.8 Å². The molecule has 1 aliphatic heterocycles. The molecule has 0 atom stereocenters. The summed E-state index contributed by atoms with van der Waals surface area (Å²) in [5, 5.41) is 14.9. The molecule has 148 valence electrons. The third kappa shape index (κ3) is 2.64. The predicted octanol–water partition coefficient (Wildman–Crippen LogP) is 4.69. The predicted molar refractivity (Wildman–Crippen MR) is 115 cm³/mol. The minimum Gasteiger partial charge on any atom is -0.493 e. The highest BCUT2D eigenvalue weighted by Crippen LogP contribution is 2.34. The summed E-state index contributed by atoms with van der Waals surface area (Å²) in [4.78, 5) is 4.61. The lowest BCUT2D eigenvalue weighted by Crippen LogP contribution is -2.09. The maximum atomic E-state index is 14.5. The molecule has 0 aliphatic carbocycles. The Kier molecular flexibility index (Phi) is 3.92. The van der Waals surface area contributed by atoms with Crippen molar-refractivity contribution in [3.8, 4) is 16.9 Å². The van der Waals surface area contributed by atoms with Crippen LogP contribution in [-0.4, -0.2) is 26.2 Å². The molecule has 0 saturated carbocycles. The molecule has 0 unspecified atom stereocenters. The van der Waals surface area contributed by atoms with Gasteiger partial charge >= 0.3 is 0 Å². The number of fused-ring (bicyclic) bond motifs is 3. The van der Waals surface area contributed by atoms with Crippen LogP contribution in [0.15, 0.2) is 54.3 Å². The van der Waals surface area contributed by atoms with Crippen molar-refractivity contribution in [1.29, 1.82) is 0 Å². The second-order valence-electron chi connectivity index (χ2n) is 7.11. The van der Waals surface area contributed by atoms with Gasteiger partial charge in [-0.15, -0.1) is 21.5 Å². The van der Waals surface area contributed by atoms with Crippen molar-refractivity contribution in [3.05, 3.63) is 71.2 Å². The Morgan fingerprint density at radius 1 is 1.17 bits per heavy atom. The number of halogens is 1. The van der Waals surface area contributed by atoms with E-state index in [1.807, 2.05) is 6.07 Å². The summed E-state index contributed by atoms with van der Waals surface area (Å²) in [5.41, 5.74) is 4.20. The Bertz CT molecular complexity index is 1410. The molecule has 0 radical (unpaired) electrons.